The number of carbonyl (C=O) groups is 1. The van der Waals surface area contributed by atoms with Crippen LogP contribution in [0.2, 0.25) is 0 Å². The molecule has 0 bridgehead atoms. The van der Waals surface area contributed by atoms with Crippen molar-refractivity contribution in [2.75, 3.05) is 40.4 Å². The van der Waals surface area contributed by atoms with Gasteiger partial charge in [0.05, 0.1) is 6.04 Å². The van der Waals surface area contributed by atoms with Crippen molar-refractivity contribution in [2.24, 2.45) is 5.73 Å². The average Bonchev–Trinajstić information content (AvgIpc) is 2.28. The minimum Gasteiger partial charge on any atom is -0.385 e. The first kappa shape index (κ1) is 13.4. The Morgan fingerprint density at radius 3 is 2.81 bits per heavy atom. The first-order valence-electron chi connectivity index (χ1n) is 5.79. The molecule has 1 aliphatic heterocycles. The van der Waals surface area contributed by atoms with E-state index in [0.717, 1.165) is 19.6 Å². The number of nitrogens with zero attached hydrogens (tertiary/aromatic N) is 2. The summed E-state index contributed by atoms with van der Waals surface area (Å²) < 4.78 is 4.93. The van der Waals surface area contributed by atoms with Crippen molar-refractivity contribution in [2.45, 2.75) is 25.4 Å². The van der Waals surface area contributed by atoms with Gasteiger partial charge >= 0.3 is 0 Å². The van der Waals surface area contributed by atoms with E-state index in [1.54, 1.807) is 7.11 Å². The highest BCUT2D eigenvalue weighted by molar-refractivity contribution is 5.81. The molecule has 0 aromatic rings. The van der Waals surface area contributed by atoms with Crippen LogP contribution in [0.5, 0.6) is 0 Å². The molecule has 2 unspecified atom stereocenters. The summed E-state index contributed by atoms with van der Waals surface area (Å²) in [6.07, 6.45) is 0.593. The number of methoxy groups -OCH3 is 1. The van der Waals surface area contributed by atoms with E-state index in [9.17, 15) is 4.79 Å². The lowest BCUT2D eigenvalue weighted by molar-refractivity contribution is -0.135. The lowest BCUT2D eigenvalue weighted by Crippen LogP contribution is -2.55. The van der Waals surface area contributed by atoms with Crippen LogP contribution in [0.3, 0.4) is 0 Å². The second-order valence-electron chi connectivity index (χ2n) is 4.50. The van der Waals surface area contributed by atoms with Gasteiger partial charge in [-0.05, 0) is 20.4 Å². The Kier molecular flexibility index (Phi) is 5.18. The average molecular weight is 229 g/mol. The summed E-state index contributed by atoms with van der Waals surface area (Å²) in [7, 11) is 3.70. The topological polar surface area (TPSA) is 58.8 Å². The van der Waals surface area contributed by atoms with Crippen LogP contribution in [-0.2, 0) is 9.53 Å². The maximum atomic E-state index is 12.0. The second kappa shape index (κ2) is 6.18. The Balaban J connectivity index is 2.42. The molecule has 16 heavy (non-hydrogen) atoms. The molecule has 94 valence electrons. The maximum Gasteiger partial charge on any atom is 0.239 e. The van der Waals surface area contributed by atoms with Crippen molar-refractivity contribution in [3.63, 3.8) is 0 Å². The molecular formula is C11H23N3O2. The van der Waals surface area contributed by atoms with Crippen LogP contribution in [0.15, 0.2) is 0 Å². The standard InChI is InChI=1S/C11H23N3O2/c1-9-8-14(6-5-13(9)2)11(15)10(12)4-7-16-3/h9-10H,4-8,12H2,1-3H3. The zero-order valence-corrected chi connectivity index (χ0v) is 10.5. The van der Waals surface area contributed by atoms with Crippen molar-refractivity contribution < 1.29 is 9.53 Å². The third kappa shape index (κ3) is 3.43. The number of nitrogens with two attached hydrogens (primary N) is 1. The summed E-state index contributed by atoms with van der Waals surface area (Å²) in [4.78, 5) is 16.1. The molecule has 0 aromatic carbocycles. The molecule has 5 nitrogen and oxygen atoms in total. The first-order chi connectivity index (χ1) is 7.56. The number of piperazine rings is 1. The molecular weight excluding hydrogens is 206 g/mol. The van der Waals surface area contributed by atoms with Crippen molar-refractivity contribution in [3.8, 4) is 0 Å². The van der Waals surface area contributed by atoms with Crippen LogP contribution in [-0.4, -0.2) is 68.2 Å². The zero-order chi connectivity index (χ0) is 12.1. The zero-order valence-electron chi connectivity index (χ0n) is 10.5. The highest BCUT2D eigenvalue weighted by Crippen LogP contribution is 2.08. The number of carbonyl (C=O) groups excluding carboxylic acids is 1. The first-order valence-corrected chi connectivity index (χ1v) is 5.79. The number of likely N-dealkylation sites (N-methyl/N-ethyl adjacent to an activating group) is 1. The molecule has 1 amide bonds. The summed E-state index contributed by atoms with van der Waals surface area (Å²) in [6.45, 7) is 5.14. The number of rotatable bonds is 4. The molecule has 5 heteroatoms. The third-order valence-corrected chi connectivity index (χ3v) is 3.22. The van der Waals surface area contributed by atoms with Crippen molar-refractivity contribution in [1.82, 2.24) is 9.80 Å². The normalized spacial score (nSPS) is 24.5. The Hall–Kier alpha value is -0.650. The van der Waals surface area contributed by atoms with E-state index in [2.05, 4.69) is 18.9 Å². The van der Waals surface area contributed by atoms with Gasteiger partial charge < -0.3 is 20.3 Å². The van der Waals surface area contributed by atoms with Crippen LogP contribution in [0.4, 0.5) is 0 Å². The van der Waals surface area contributed by atoms with Crippen LogP contribution >= 0.6 is 0 Å². The van der Waals surface area contributed by atoms with Gasteiger partial charge in [0.25, 0.3) is 0 Å². The van der Waals surface area contributed by atoms with E-state index in [1.165, 1.54) is 0 Å². The lowest BCUT2D eigenvalue weighted by atomic mass is 10.1. The maximum absolute atomic E-state index is 12.0. The molecule has 0 radical (unpaired) electrons. The fraction of sp³-hybridized carbons (Fsp3) is 0.909. The lowest BCUT2D eigenvalue weighted by Gasteiger charge is -2.38. The molecule has 1 rings (SSSR count). The molecule has 2 N–H and O–H groups in total. The van der Waals surface area contributed by atoms with Gasteiger partial charge in [-0.2, -0.15) is 0 Å². The van der Waals surface area contributed by atoms with Crippen LogP contribution in [0.1, 0.15) is 13.3 Å². The Labute approximate surface area is 97.5 Å². The number of ether oxygens (including phenoxy) is 1. The number of hydrogen-bond acceptors (Lipinski definition) is 4. The van der Waals surface area contributed by atoms with E-state index >= 15 is 0 Å². The van der Waals surface area contributed by atoms with Gasteiger partial charge in [-0.1, -0.05) is 0 Å². The molecule has 0 spiro atoms. The summed E-state index contributed by atoms with van der Waals surface area (Å²) in [5, 5.41) is 0. The van der Waals surface area contributed by atoms with E-state index in [4.69, 9.17) is 10.5 Å². The summed E-state index contributed by atoms with van der Waals surface area (Å²) in [6, 6.07) is -0.0112. The van der Waals surface area contributed by atoms with Gasteiger partial charge in [-0.3, -0.25) is 4.79 Å². The van der Waals surface area contributed by atoms with E-state index in [-0.39, 0.29) is 5.91 Å². The molecule has 0 saturated carbocycles. The van der Waals surface area contributed by atoms with Gasteiger partial charge in [0.2, 0.25) is 5.91 Å². The van der Waals surface area contributed by atoms with Crippen molar-refractivity contribution >= 4 is 5.91 Å². The third-order valence-electron chi connectivity index (χ3n) is 3.22. The van der Waals surface area contributed by atoms with Gasteiger partial charge in [0.1, 0.15) is 0 Å². The summed E-state index contributed by atoms with van der Waals surface area (Å²) >= 11 is 0. The van der Waals surface area contributed by atoms with Gasteiger partial charge in [-0.25, -0.2) is 0 Å². The molecule has 0 aromatic heterocycles. The predicted molar refractivity (Wildman–Crippen MR) is 63.1 cm³/mol. The Bertz CT molecular complexity index is 235. The minimum absolute atomic E-state index is 0.0528. The molecule has 1 heterocycles. The fourth-order valence-electron chi connectivity index (χ4n) is 1.85. The number of hydrogen-bond donors (Lipinski definition) is 1. The van der Waals surface area contributed by atoms with E-state index < -0.39 is 6.04 Å². The number of amides is 1. The van der Waals surface area contributed by atoms with Crippen molar-refractivity contribution in [3.05, 3.63) is 0 Å². The van der Waals surface area contributed by atoms with Gasteiger partial charge in [-0.15, -0.1) is 0 Å². The van der Waals surface area contributed by atoms with Gasteiger partial charge in [0, 0.05) is 39.4 Å². The monoisotopic (exact) mass is 229 g/mol. The van der Waals surface area contributed by atoms with Crippen LogP contribution in [0, 0.1) is 0 Å². The van der Waals surface area contributed by atoms with Crippen molar-refractivity contribution in [1.29, 1.82) is 0 Å². The van der Waals surface area contributed by atoms with E-state index in [1.807, 2.05) is 4.90 Å². The van der Waals surface area contributed by atoms with Crippen LogP contribution in [0.25, 0.3) is 0 Å². The molecule has 2 atom stereocenters. The molecule has 1 saturated heterocycles. The molecule has 1 fully saturated rings. The summed E-state index contributed by atoms with van der Waals surface area (Å²) in [5.74, 6) is 0.0528. The largest absolute Gasteiger partial charge is 0.385 e. The Morgan fingerprint density at radius 1 is 1.56 bits per heavy atom. The predicted octanol–water partition coefficient (Wildman–Crippen LogP) is -0.487. The fourth-order valence-corrected chi connectivity index (χ4v) is 1.85. The highest BCUT2D eigenvalue weighted by Gasteiger charge is 2.27. The minimum atomic E-state index is -0.421. The molecule has 1 aliphatic rings. The highest BCUT2D eigenvalue weighted by atomic mass is 16.5. The smallest absolute Gasteiger partial charge is 0.239 e. The Morgan fingerprint density at radius 2 is 2.25 bits per heavy atom. The second-order valence-corrected chi connectivity index (χ2v) is 4.50. The summed E-state index contributed by atoms with van der Waals surface area (Å²) in [5.41, 5.74) is 5.83. The SMILES string of the molecule is COCCC(N)C(=O)N1CCN(C)C(C)C1. The van der Waals surface area contributed by atoms with Crippen LogP contribution < -0.4 is 5.73 Å². The quantitative estimate of drug-likeness (QED) is 0.707. The van der Waals surface area contributed by atoms with E-state index in [0.29, 0.717) is 19.1 Å². The van der Waals surface area contributed by atoms with Gasteiger partial charge in [0.15, 0.2) is 0 Å². The molecule has 0 aliphatic carbocycles.